The highest BCUT2D eigenvalue weighted by Crippen LogP contribution is 2.19. The van der Waals surface area contributed by atoms with Gasteiger partial charge in [0.25, 0.3) is 0 Å². The van der Waals surface area contributed by atoms with Crippen molar-refractivity contribution in [1.82, 2.24) is 5.32 Å². The van der Waals surface area contributed by atoms with Crippen molar-refractivity contribution in [2.24, 2.45) is 0 Å². The second-order valence-electron chi connectivity index (χ2n) is 26.0. The molecule has 0 saturated heterocycles. The van der Waals surface area contributed by atoms with Crippen LogP contribution in [0.3, 0.4) is 0 Å². The first-order valence-corrected chi connectivity index (χ1v) is 37.6. The number of carbonyl (C=O) groups excluding carboxylic acids is 2. The summed E-state index contributed by atoms with van der Waals surface area (Å²) in [5.41, 5.74) is 0. The summed E-state index contributed by atoms with van der Waals surface area (Å²) in [4.78, 5) is 24.6. The van der Waals surface area contributed by atoms with Gasteiger partial charge in [-0.3, -0.25) is 9.59 Å². The van der Waals surface area contributed by atoms with Crippen molar-refractivity contribution in [1.29, 1.82) is 0 Å². The zero-order valence-electron chi connectivity index (χ0n) is 55.8. The van der Waals surface area contributed by atoms with Crippen molar-refractivity contribution in [3.8, 4) is 0 Å². The summed E-state index contributed by atoms with van der Waals surface area (Å²) in [6.07, 6.45) is 91.0. The molecular weight excluding hydrogens is 1010 g/mol. The van der Waals surface area contributed by atoms with E-state index in [0.29, 0.717) is 25.9 Å². The third kappa shape index (κ3) is 67.5. The van der Waals surface area contributed by atoms with E-state index in [0.717, 1.165) is 44.9 Å². The van der Waals surface area contributed by atoms with Crippen LogP contribution in [0.15, 0.2) is 24.3 Å². The summed E-state index contributed by atoms with van der Waals surface area (Å²) in [6, 6.07) is -0.544. The number of rotatable bonds is 71. The van der Waals surface area contributed by atoms with Crippen molar-refractivity contribution < 1.29 is 24.5 Å². The molecule has 6 nitrogen and oxygen atoms in total. The molecule has 486 valence electrons. The Bertz CT molecular complexity index is 1280. The van der Waals surface area contributed by atoms with Gasteiger partial charge in [0.05, 0.1) is 25.4 Å². The Kier molecular flexibility index (Phi) is 70.4. The van der Waals surface area contributed by atoms with E-state index in [9.17, 15) is 19.8 Å². The highest BCUT2D eigenvalue weighted by Gasteiger charge is 2.20. The molecule has 0 aromatic carbocycles. The van der Waals surface area contributed by atoms with Crippen molar-refractivity contribution in [3.05, 3.63) is 24.3 Å². The molecule has 82 heavy (non-hydrogen) atoms. The minimum absolute atomic E-state index is 0.00743. The number of ether oxygens (including phenoxy) is 1. The van der Waals surface area contributed by atoms with Crippen LogP contribution in [0.2, 0.25) is 0 Å². The van der Waals surface area contributed by atoms with E-state index in [1.54, 1.807) is 0 Å². The summed E-state index contributed by atoms with van der Waals surface area (Å²) in [7, 11) is 0. The summed E-state index contributed by atoms with van der Waals surface area (Å²) in [5.74, 6) is -0.0243. The van der Waals surface area contributed by atoms with Gasteiger partial charge in [-0.25, -0.2) is 0 Å². The van der Waals surface area contributed by atoms with Gasteiger partial charge in [0.2, 0.25) is 5.91 Å². The molecular formula is C76H147NO5. The average Bonchev–Trinajstić information content (AvgIpc) is 3.48. The van der Waals surface area contributed by atoms with Crippen LogP contribution in [0.1, 0.15) is 425 Å². The van der Waals surface area contributed by atoms with Crippen LogP contribution in [0.25, 0.3) is 0 Å². The molecule has 0 radical (unpaired) electrons. The lowest BCUT2D eigenvalue weighted by Crippen LogP contribution is -2.45. The highest BCUT2D eigenvalue weighted by molar-refractivity contribution is 5.76. The van der Waals surface area contributed by atoms with Crippen molar-refractivity contribution in [3.63, 3.8) is 0 Å². The molecule has 1 amide bonds. The van der Waals surface area contributed by atoms with Gasteiger partial charge < -0.3 is 20.3 Å². The molecule has 0 spiro atoms. The van der Waals surface area contributed by atoms with E-state index < -0.39 is 12.1 Å². The molecule has 3 N–H and O–H groups in total. The number of hydrogen-bond donors (Lipinski definition) is 3. The van der Waals surface area contributed by atoms with Crippen molar-refractivity contribution in [2.75, 3.05) is 13.2 Å². The number of allylic oxidation sites excluding steroid dienone is 4. The molecule has 0 aliphatic heterocycles. The number of aliphatic hydroxyl groups excluding tert-OH is 2. The summed E-state index contributed by atoms with van der Waals surface area (Å²) in [5, 5.41) is 23.5. The maximum Gasteiger partial charge on any atom is 0.305 e. The van der Waals surface area contributed by atoms with Crippen LogP contribution in [-0.2, 0) is 14.3 Å². The van der Waals surface area contributed by atoms with Gasteiger partial charge in [0.1, 0.15) is 0 Å². The van der Waals surface area contributed by atoms with Gasteiger partial charge in [-0.15, -0.1) is 0 Å². The molecule has 2 atom stereocenters. The number of nitrogens with one attached hydrogen (secondary N) is 1. The van der Waals surface area contributed by atoms with E-state index in [2.05, 4.69) is 43.5 Å². The minimum atomic E-state index is -0.667. The first-order valence-electron chi connectivity index (χ1n) is 37.6. The fraction of sp³-hybridized carbons (Fsp3) is 0.921. The maximum atomic E-state index is 12.6. The second-order valence-corrected chi connectivity index (χ2v) is 26.0. The van der Waals surface area contributed by atoms with Crippen LogP contribution < -0.4 is 5.32 Å². The predicted molar refractivity (Wildman–Crippen MR) is 361 cm³/mol. The second kappa shape index (κ2) is 71.8. The topological polar surface area (TPSA) is 95.9 Å². The zero-order chi connectivity index (χ0) is 59.2. The predicted octanol–water partition coefficient (Wildman–Crippen LogP) is 24.5. The SMILES string of the molecule is CCCCCCCC/C=C\CCCCCCCC(=O)OCCCCCCCCCCCCCC/C=C\CCCCCCCCCCCCC(=O)NC(CO)C(O)CCCCCCCCCCCCCCCCCCCCCCCCCC. The van der Waals surface area contributed by atoms with E-state index in [-0.39, 0.29) is 18.5 Å². The van der Waals surface area contributed by atoms with Crippen molar-refractivity contribution >= 4 is 11.9 Å². The number of carbonyl (C=O) groups is 2. The third-order valence-electron chi connectivity index (χ3n) is 17.7. The lowest BCUT2D eigenvalue weighted by atomic mass is 10.0. The Labute approximate surface area is 513 Å². The van der Waals surface area contributed by atoms with Crippen LogP contribution in [-0.4, -0.2) is 47.4 Å². The first kappa shape index (κ1) is 80.3. The monoisotopic (exact) mass is 1150 g/mol. The summed E-state index contributed by atoms with van der Waals surface area (Å²) < 4.78 is 5.49. The van der Waals surface area contributed by atoms with E-state index in [1.165, 1.54) is 347 Å². The summed E-state index contributed by atoms with van der Waals surface area (Å²) >= 11 is 0. The van der Waals surface area contributed by atoms with Gasteiger partial charge in [-0.2, -0.15) is 0 Å². The molecule has 0 aliphatic rings. The molecule has 2 unspecified atom stereocenters. The normalized spacial score (nSPS) is 12.6. The van der Waals surface area contributed by atoms with E-state index >= 15 is 0 Å². The number of esters is 1. The van der Waals surface area contributed by atoms with E-state index in [1.807, 2.05) is 0 Å². The molecule has 0 fully saturated rings. The lowest BCUT2D eigenvalue weighted by molar-refractivity contribution is -0.143. The molecule has 0 aromatic heterocycles. The number of hydrogen-bond acceptors (Lipinski definition) is 5. The minimum Gasteiger partial charge on any atom is -0.466 e. The van der Waals surface area contributed by atoms with E-state index in [4.69, 9.17) is 4.74 Å². The summed E-state index contributed by atoms with van der Waals surface area (Å²) in [6.45, 7) is 4.99. The van der Waals surface area contributed by atoms with Gasteiger partial charge in [-0.1, -0.05) is 359 Å². The highest BCUT2D eigenvalue weighted by atomic mass is 16.5. The fourth-order valence-electron chi connectivity index (χ4n) is 12.0. The Balaban J connectivity index is 3.39. The van der Waals surface area contributed by atoms with Crippen LogP contribution in [0.4, 0.5) is 0 Å². The average molecular weight is 1160 g/mol. The smallest absolute Gasteiger partial charge is 0.305 e. The Morgan fingerprint density at radius 2 is 0.573 bits per heavy atom. The molecule has 0 bridgehead atoms. The lowest BCUT2D eigenvalue weighted by Gasteiger charge is -2.22. The number of unbranched alkanes of at least 4 members (excludes halogenated alkanes) is 56. The Morgan fingerprint density at radius 3 is 0.866 bits per heavy atom. The maximum absolute atomic E-state index is 12.6. The molecule has 0 heterocycles. The molecule has 0 aliphatic carbocycles. The van der Waals surface area contributed by atoms with Gasteiger partial charge in [-0.05, 0) is 77.0 Å². The van der Waals surface area contributed by atoms with Gasteiger partial charge in [0.15, 0.2) is 0 Å². The van der Waals surface area contributed by atoms with Crippen molar-refractivity contribution in [2.45, 2.75) is 437 Å². The standard InChI is InChI=1S/C76H147NO5/c1-3-5-7-9-11-13-15-17-19-20-21-22-23-28-31-34-37-41-44-48-52-56-60-64-68-74(79)73(72-78)77-75(80)69-65-61-57-53-49-45-42-38-35-32-29-26-24-25-27-30-33-36-39-43-47-51-55-59-63-67-71-82-76(81)70-66-62-58-54-50-46-40-18-16-14-12-10-8-6-4-2/h18,24,26,40,73-74,78-79H,3-17,19-23,25,27-39,41-72H2,1-2H3,(H,77,80)/b26-24-,40-18-. The quantitative estimate of drug-likeness (QED) is 0.0320. The largest absolute Gasteiger partial charge is 0.466 e. The molecule has 0 saturated carbocycles. The van der Waals surface area contributed by atoms with Crippen LogP contribution >= 0.6 is 0 Å². The zero-order valence-corrected chi connectivity index (χ0v) is 55.8. The number of aliphatic hydroxyl groups is 2. The molecule has 6 heteroatoms. The Morgan fingerprint density at radius 1 is 0.329 bits per heavy atom. The number of amides is 1. The third-order valence-corrected chi connectivity index (χ3v) is 17.7. The first-order chi connectivity index (χ1) is 40.5. The molecule has 0 rings (SSSR count). The van der Waals surface area contributed by atoms with Crippen LogP contribution in [0, 0.1) is 0 Å². The van der Waals surface area contributed by atoms with Gasteiger partial charge >= 0.3 is 5.97 Å². The van der Waals surface area contributed by atoms with Gasteiger partial charge in [0, 0.05) is 12.8 Å². The molecule has 0 aromatic rings. The van der Waals surface area contributed by atoms with Crippen LogP contribution in [0.5, 0.6) is 0 Å². The fourth-order valence-corrected chi connectivity index (χ4v) is 12.0. The Hall–Kier alpha value is -1.66.